The first-order valence-corrected chi connectivity index (χ1v) is 12.2. The fraction of sp³-hybridized carbons (Fsp3) is 0.207. The highest BCUT2D eigenvalue weighted by Gasteiger charge is 2.51. The smallest absolute Gasteiger partial charge is 0.481 e. The molecule has 3 aromatic carbocycles. The number of rotatable bonds is 7. The van der Waals surface area contributed by atoms with Crippen LogP contribution in [0.4, 0.5) is 23.8 Å². The second-order valence-corrected chi connectivity index (χ2v) is 9.41. The number of halogens is 3. The van der Waals surface area contributed by atoms with Crippen LogP contribution in [0.15, 0.2) is 85.1 Å². The zero-order valence-corrected chi connectivity index (χ0v) is 20.8. The summed E-state index contributed by atoms with van der Waals surface area (Å²) in [7, 11) is 0. The highest BCUT2D eigenvalue weighted by Crippen LogP contribution is 2.48. The van der Waals surface area contributed by atoms with Gasteiger partial charge in [0.15, 0.2) is 5.82 Å². The number of hydrogen-bond donors (Lipinski definition) is 2. The van der Waals surface area contributed by atoms with E-state index >= 15 is 0 Å². The third-order valence-corrected chi connectivity index (χ3v) is 6.91. The molecule has 1 aromatic heterocycles. The molecule has 1 heterocycles. The molecule has 0 aliphatic heterocycles. The Balaban J connectivity index is 1.37. The summed E-state index contributed by atoms with van der Waals surface area (Å²) < 4.78 is 46.1. The third kappa shape index (κ3) is 5.22. The SMILES string of the molecule is CC(OC(=O)Nc1c(-c2ccc(-c3ccc(C4(C(=O)O)CC4)cc3)cc2)cnn1C(F)(F)F)c1ccccc1. The molecule has 5 rings (SSSR count). The molecular formula is C29H24F3N3O4. The minimum absolute atomic E-state index is 0.0654. The van der Waals surface area contributed by atoms with Gasteiger partial charge in [-0.2, -0.15) is 9.78 Å². The first-order valence-electron chi connectivity index (χ1n) is 12.2. The lowest BCUT2D eigenvalue weighted by Crippen LogP contribution is -2.24. The molecular weight excluding hydrogens is 511 g/mol. The topological polar surface area (TPSA) is 93.4 Å². The van der Waals surface area contributed by atoms with Crippen LogP contribution in [-0.2, 0) is 21.2 Å². The molecule has 1 aliphatic rings. The van der Waals surface area contributed by atoms with Gasteiger partial charge in [0.25, 0.3) is 0 Å². The van der Waals surface area contributed by atoms with Crippen molar-refractivity contribution in [1.82, 2.24) is 9.78 Å². The van der Waals surface area contributed by atoms with Crippen LogP contribution in [0.3, 0.4) is 0 Å². The lowest BCUT2D eigenvalue weighted by atomic mass is 9.93. The second-order valence-electron chi connectivity index (χ2n) is 9.41. The quantitative estimate of drug-likeness (QED) is 0.263. The molecule has 10 heteroatoms. The van der Waals surface area contributed by atoms with Crippen LogP contribution in [-0.4, -0.2) is 26.9 Å². The molecule has 1 aliphatic carbocycles. The van der Waals surface area contributed by atoms with Gasteiger partial charge >= 0.3 is 18.4 Å². The van der Waals surface area contributed by atoms with Crippen molar-refractivity contribution in [3.05, 3.63) is 96.2 Å². The summed E-state index contributed by atoms with van der Waals surface area (Å²) in [6.07, 6.45) is -4.36. The molecule has 4 aromatic rings. The Bertz CT molecular complexity index is 1490. The van der Waals surface area contributed by atoms with Crippen molar-refractivity contribution < 1.29 is 32.6 Å². The lowest BCUT2D eigenvalue weighted by molar-refractivity contribution is -0.210. The van der Waals surface area contributed by atoms with Crippen LogP contribution >= 0.6 is 0 Å². The number of carboxylic acid groups (broad SMARTS) is 1. The molecule has 200 valence electrons. The highest BCUT2D eigenvalue weighted by molar-refractivity contribution is 5.90. The number of aliphatic carboxylic acids is 1. The summed E-state index contributed by atoms with van der Waals surface area (Å²) in [5, 5.41) is 15.2. The van der Waals surface area contributed by atoms with Crippen LogP contribution in [0.5, 0.6) is 0 Å². The standard InChI is InChI=1S/C29H24F3N3O4/c1-18(19-5-3-2-4-6-19)39-27(38)34-25-24(17-33-35(25)29(30,31)32)22-9-7-20(8-10-22)21-11-13-23(14-12-21)28(15-16-28)26(36)37/h2-14,17-18H,15-16H2,1H3,(H,34,38)(H,36,37). The van der Waals surface area contributed by atoms with Gasteiger partial charge in [-0.05, 0) is 47.6 Å². The van der Waals surface area contributed by atoms with Gasteiger partial charge < -0.3 is 9.84 Å². The van der Waals surface area contributed by atoms with Crippen molar-refractivity contribution in [2.75, 3.05) is 5.32 Å². The van der Waals surface area contributed by atoms with E-state index in [0.29, 0.717) is 24.0 Å². The van der Waals surface area contributed by atoms with Crippen molar-refractivity contribution in [1.29, 1.82) is 0 Å². The monoisotopic (exact) mass is 535 g/mol. The number of amides is 1. The summed E-state index contributed by atoms with van der Waals surface area (Å²) in [6.45, 7) is 1.62. The van der Waals surface area contributed by atoms with Crippen molar-refractivity contribution in [3.63, 3.8) is 0 Å². The zero-order chi connectivity index (χ0) is 27.8. The molecule has 1 fully saturated rings. The predicted octanol–water partition coefficient (Wildman–Crippen LogP) is 7.12. The summed E-state index contributed by atoms with van der Waals surface area (Å²) >= 11 is 0. The molecule has 0 radical (unpaired) electrons. The molecule has 1 saturated carbocycles. The van der Waals surface area contributed by atoms with E-state index in [1.807, 2.05) is 12.1 Å². The maximum Gasteiger partial charge on any atom is 0.506 e. The largest absolute Gasteiger partial charge is 0.506 e. The van der Waals surface area contributed by atoms with Crippen molar-refractivity contribution >= 4 is 17.9 Å². The van der Waals surface area contributed by atoms with Gasteiger partial charge in [-0.3, -0.25) is 10.1 Å². The average molecular weight is 536 g/mol. The number of alkyl halides is 3. The van der Waals surface area contributed by atoms with E-state index < -0.39 is 35.7 Å². The van der Waals surface area contributed by atoms with Gasteiger partial charge in [0, 0.05) is 5.56 Å². The number of carbonyl (C=O) groups is 2. The molecule has 1 unspecified atom stereocenters. The fourth-order valence-corrected chi connectivity index (χ4v) is 4.53. The minimum Gasteiger partial charge on any atom is -0.481 e. The Morgan fingerprint density at radius 3 is 2.05 bits per heavy atom. The number of hydrogen-bond acceptors (Lipinski definition) is 4. The van der Waals surface area contributed by atoms with Crippen molar-refractivity contribution in [3.8, 4) is 22.3 Å². The Kier molecular flexibility index (Phi) is 6.63. The number of benzene rings is 3. The molecule has 0 saturated heterocycles. The normalized spacial score (nSPS) is 14.9. The summed E-state index contributed by atoms with van der Waals surface area (Å²) in [6, 6.07) is 22.8. The number of carboxylic acids is 1. The second kappa shape index (κ2) is 9.94. The van der Waals surface area contributed by atoms with Crippen LogP contribution < -0.4 is 5.32 Å². The Morgan fingerprint density at radius 1 is 0.949 bits per heavy atom. The van der Waals surface area contributed by atoms with Gasteiger partial charge in [0.1, 0.15) is 6.10 Å². The average Bonchev–Trinajstić information content (AvgIpc) is 3.63. The highest BCUT2D eigenvalue weighted by atomic mass is 19.4. The van der Waals surface area contributed by atoms with E-state index in [9.17, 15) is 27.9 Å². The van der Waals surface area contributed by atoms with Crippen molar-refractivity contribution in [2.24, 2.45) is 0 Å². The molecule has 39 heavy (non-hydrogen) atoms. The van der Waals surface area contributed by atoms with Crippen molar-refractivity contribution in [2.45, 2.75) is 37.6 Å². The minimum atomic E-state index is -4.87. The molecule has 7 nitrogen and oxygen atoms in total. The number of carbonyl (C=O) groups excluding carboxylic acids is 1. The molecule has 0 bridgehead atoms. The Hall–Kier alpha value is -4.60. The number of aromatic nitrogens is 2. The van der Waals surface area contributed by atoms with Gasteiger partial charge in [-0.1, -0.05) is 78.9 Å². The molecule has 1 amide bonds. The molecule has 2 N–H and O–H groups in total. The van der Waals surface area contributed by atoms with E-state index in [-0.39, 0.29) is 10.2 Å². The first kappa shape index (κ1) is 26.0. The number of ether oxygens (including phenoxy) is 1. The van der Waals surface area contributed by atoms with E-state index in [0.717, 1.165) is 22.9 Å². The van der Waals surface area contributed by atoms with Gasteiger partial charge in [-0.15, -0.1) is 13.2 Å². The molecule has 0 spiro atoms. The molecule has 1 atom stereocenters. The van der Waals surface area contributed by atoms with E-state index in [2.05, 4.69) is 10.4 Å². The maximum absolute atomic E-state index is 13.7. The Labute approximate surface area is 221 Å². The predicted molar refractivity (Wildman–Crippen MR) is 138 cm³/mol. The van der Waals surface area contributed by atoms with Crippen LogP contribution in [0.2, 0.25) is 0 Å². The fourth-order valence-electron chi connectivity index (χ4n) is 4.53. The van der Waals surface area contributed by atoms with Gasteiger partial charge in [-0.25, -0.2) is 4.79 Å². The van der Waals surface area contributed by atoms with Gasteiger partial charge in [0.2, 0.25) is 0 Å². The van der Waals surface area contributed by atoms with E-state index in [1.165, 1.54) is 0 Å². The summed E-state index contributed by atoms with van der Waals surface area (Å²) in [5.41, 5.74) is 2.73. The number of anilines is 1. The third-order valence-electron chi connectivity index (χ3n) is 6.91. The maximum atomic E-state index is 13.7. The summed E-state index contributed by atoms with van der Waals surface area (Å²) in [4.78, 5) is 24.1. The van der Waals surface area contributed by atoms with Gasteiger partial charge in [0.05, 0.1) is 11.6 Å². The van der Waals surface area contributed by atoms with Crippen LogP contribution in [0.25, 0.3) is 22.3 Å². The number of nitrogens with one attached hydrogen (secondary N) is 1. The summed E-state index contributed by atoms with van der Waals surface area (Å²) in [5.74, 6) is -1.39. The Morgan fingerprint density at radius 2 is 1.51 bits per heavy atom. The number of nitrogens with zero attached hydrogens (tertiary/aromatic N) is 2. The zero-order valence-electron chi connectivity index (χ0n) is 20.8. The van der Waals surface area contributed by atoms with Crippen LogP contribution in [0, 0.1) is 0 Å². The first-order chi connectivity index (χ1) is 18.6. The van der Waals surface area contributed by atoms with Crippen LogP contribution in [0.1, 0.15) is 37.0 Å². The van der Waals surface area contributed by atoms with E-state index in [1.54, 1.807) is 73.7 Å². The van der Waals surface area contributed by atoms with E-state index in [4.69, 9.17) is 4.74 Å². The lowest BCUT2D eigenvalue weighted by Gasteiger charge is -2.17.